The summed E-state index contributed by atoms with van der Waals surface area (Å²) in [4.78, 5) is 25.2. The summed E-state index contributed by atoms with van der Waals surface area (Å²) in [7, 11) is 0. The number of hydrogen-bond acceptors (Lipinski definition) is 2. The van der Waals surface area contributed by atoms with E-state index >= 15 is 0 Å². The highest BCUT2D eigenvalue weighted by Crippen LogP contribution is 2.15. The number of rotatable bonds is 4. The first kappa shape index (κ1) is 14.4. The third-order valence-electron chi connectivity index (χ3n) is 3.70. The van der Waals surface area contributed by atoms with Crippen molar-refractivity contribution in [2.45, 2.75) is 20.8 Å². The lowest BCUT2D eigenvalue weighted by Crippen LogP contribution is -2.37. The van der Waals surface area contributed by atoms with Crippen molar-refractivity contribution in [2.75, 3.05) is 26.2 Å². The molecule has 0 aromatic heterocycles. The molecule has 0 unspecified atom stereocenters. The lowest BCUT2D eigenvalue weighted by molar-refractivity contribution is 0.0949. The van der Waals surface area contributed by atoms with E-state index < -0.39 is 0 Å². The van der Waals surface area contributed by atoms with Crippen LogP contribution in [0.2, 0.25) is 0 Å². The molecule has 1 aliphatic heterocycles. The van der Waals surface area contributed by atoms with Crippen molar-refractivity contribution in [1.29, 1.82) is 0 Å². The zero-order valence-electron chi connectivity index (χ0n) is 12.2. The van der Waals surface area contributed by atoms with Crippen LogP contribution in [0.5, 0.6) is 0 Å². The van der Waals surface area contributed by atoms with Gasteiger partial charge in [-0.25, -0.2) is 4.79 Å². The largest absolute Gasteiger partial charge is 0.350 e. The highest BCUT2D eigenvalue weighted by molar-refractivity contribution is 5.96. The van der Waals surface area contributed by atoms with Gasteiger partial charge in [0, 0.05) is 31.7 Å². The number of nitrogens with zero attached hydrogens (tertiary/aromatic N) is 1. The van der Waals surface area contributed by atoms with Crippen molar-refractivity contribution in [3.05, 3.63) is 34.4 Å². The quantitative estimate of drug-likeness (QED) is 0.871. The molecule has 1 aromatic rings. The molecule has 0 spiro atoms. The van der Waals surface area contributed by atoms with Crippen molar-refractivity contribution >= 4 is 11.9 Å². The zero-order valence-corrected chi connectivity index (χ0v) is 12.2. The summed E-state index contributed by atoms with van der Waals surface area (Å²) >= 11 is 0. The van der Waals surface area contributed by atoms with Crippen molar-refractivity contribution in [1.82, 2.24) is 15.5 Å². The third kappa shape index (κ3) is 3.10. The molecule has 20 heavy (non-hydrogen) atoms. The van der Waals surface area contributed by atoms with Gasteiger partial charge in [0.1, 0.15) is 0 Å². The summed E-state index contributed by atoms with van der Waals surface area (Å²) < 4.78 is 0. The number of hydrogen-bond donors (Lipinski definition) is 2. The highest BCUT2D eigenvalue weighted by atomic mass is 16.2. The molecule has 108 valence electrons. The molecule has 1 fully saturated rings. The zero-order chi connectivity index (χ0) is 14.7. The van der Waals surface area contributed by atoms with E-state index in [0.717, 1.165) is 11.1 Å². The second-order valence-electron chi connectivity index (χ2n) is 5.23. The number of nitrogens with one attached hydrogen (secondary N) is 2. The lowest BCUT2D eigenvalue weighted by Gasteiger charge is -2.15. The van der Waals surface area contributed by atoms with Gasteiger partial charge in [0.25, 0.3) is 5.91 Å². The summed E-state index contributed by atoms with van der Waals surface area (Å²) in [6.07, 6.45) is 0. The molecule has 5 nitrogen and oxygen atoms in total. The van der Waals surface area contributed by atoms with E-state index in [0.29, 0.717) is 31.7 Å². The molecule has 0 radical (unpaired) electrons. The molecule has 0 aliphatic carbocycles. The first-order valence-corrected chi connectivity index (χ1v) is 6.88. The van der Waals surface area contributed by atoms with E-state index in [-0.39, 0.29) is 11.9 Å². The van der Waals surface area contributed by atoms with E-state index in [4.69, 9.17) is 0 Å². The number of benzene rings is 1. The topological polar surface area (TPSA) is 61.4 Å². The fourth-order valence-electron chi connectivity index (χ4n) is 2.33. The molecule has 1 aliphatic rings. The van der Waals surface area contributed by atoms with Crippen LogP contribution in [0, 0.1) is 20.8 Å². The average Bonchev–Trinajstić information content (AvgIpc) is 2.79. The fraction of sp³-hybridized carbons (Fsp3) is 0.467. The molecule has 0 saturated carbocycles. The van der Waals surface area contributed by atoms with Crippen LogP contribution in [0.15, 0.2) is 12.1 Å². The average molecular weight is 275 g/mol. The SMILES string of the molecule is Cc1cc(C)c(C(=O)NCCN2CCNC2=O)cc1C. The summed E-state index contributed by atoms with van der Waals surface area (Å²) in [6.45, 7) is 8.38. The van der Waals surface area contributed by atoms with Gasteiger partial charge in [-0.05, 0) is 43.5 Å². The maximum atomic E-state index is 12.2. The molecule has 5 heteroatoms. The number of urea groups is 1. The molecule has 1 saturated heterocycles. The van der Waals surface area contributed by atoms with Crippen LogP contribution in [0.1, 0.15) is 27.0 Å². The normalized spacial score (nSPS) is 14.3. The van der Waals surface area contributed by atoms with Gasteiger partial charge in [-0.1, -0.05) is 6.07 Å². The number of carbonyl (C=O) groups is 2. The third-order valence-corrected chi connectivity index (χ3v) is 3.70. The Morgan fingerprint density at radius 1 is 1.25 bits per heavy atom. The smallest absolute Gasteiger partial charge is 0.317 e. The van der Waals surface area contributed by atoms with Gasteiger partial charge in [0.15, 0.2) is 0 Å². The van der Waals surface area contributed by atoms with E-state index in [1.165, 1.54) is 5.56 Å². The minimum atomic E-state index is -0.0785. The Kier molecular flexibility index (Phi) is 4.27. The lowest BCUT2D eigenvalue weighted by atomic mass is 10.0. The van der Waals surface area contributed by atoms with Crippen LogP contribution in [0.3, 0.4) is 0 Å². The van der Waals surface area contributed by atoms with Gasteiger partial charge in [-0.3, -0.25) is 4.79 Å². The Morgan fingerprint density at radius 3 is 2.60 bits per heavy atom. The number of amides is 3. The minimum absolute atomic E-state index is 0.0541. The first-order chi connectivity index (χ1) is 9.49. The van der Waals surface area contributed by atoms with Crippen molar-refractivity contribution in [3.8, 4) is 0 Å². The van der Waals surface area contributed by atoms with E-state index in [1.54, 1.807) is 4.90 Å². The van der Waals surface area contributed by atoms with E-state index in [9.17, 15) is 9.59 Å². The minimum Gasteiger partial charge on any atom is -0.350 e. The van der Waals surface area contributed by atoms with Crippen molar-refractivity contribution in [2.24, 2.45) is 0 Å². The Hall–Kier alpha value is -2.04. The van der Waals surface area contributed by atoms with Gasteiger partial charge in [0.05, 0.1) is 0 Å². The predicted molar refractivity (Wildman–Crippen MR) is 78.0 cm³/mol. The summed E-state index contributed by atoms with van der Waals surface area (Å²) in [5.74, 6) is -0.0785. The van der Waals surface area contributed by atoms with Gasteiger partial charge >= 0.3 is 6.03 Å². The van der Waals surface area contributed by atoms with Crippen LogP contribution in [-0.2, 0) is 0 Å². The Labute approximate surface area is 119 Å². The molecular formula is C15H21N3O2. The molecule has 1 aromatic carbocycles. The van der Waals surface area contributed by atoms with Crippen LogP contribution in [0.4, 0.5) is 4.79 Å². The van der Waals surface area contributed by atoms with Gasteiger partial charge in [0.2, 0.25) is 0 Å². The summed E-state index contributed by atoms with van der Waals surface area (Å²) in [5.41, 5.74) is 3.98. The molecule has 1 heterocycles. The predicted octanol–water partition coefficient (Wildman–Crippen LogP) is 1.37. The molecule has 0 bridgehead atoms. The highest BCUT2D eigenvalue weighted by Gasteiger charge is 2.19. The Bertz CT molecular complexity index is 540. The van der Waals surface area contributed by atoms with Crippen molar-refractivity contribution in [3.63, 3.8) is 0 Å². The van der Waals surface area contributed by atoms with E-state index in [2.05, 4.69) is 10.6 Å². The van der Waals surface area contributed by atoms with Crippen LogP contribution in [0.25, 0.3) is 0 Å². The molecule has 2 rings (SSSR count). The number of carbonyl (C=O) groups excluding carboxylic acids is 2. The summed E-state index contributed by atoms with van der Waals surface area (Å²) in [5, 5.41) is 5.61. The van der Waals surface area contributed by atoms with Crippen LogP contribution < -0.4 is 10.6 Å². The second-order valence-corrected chi connectivity index (χ2v) is 5.23. The second kappa shape index (κ2) is 5.94. The summed E-state index contributed by atoms with van der Waals surface area (Å²) in [6, 6.07) is 3.89. The van der Waals surface area contributed by atoms with Gasteiger partial charge in [-0.15, -0.1) is 0 Å². The molecule has 2 N–H and O–H groups in total. The standard InChI is InChI=1S/C15H21N3O2/c1-10-8-12(3)13(9-11(10)2)14(19)16-4-6-18-7-5-17-15(18)20/h8-9H,4-7H2,1-3H3,(H,16,19)(H,17,20). The Balaban J connectivity index is 1.92. The van der Waals surface area contributed by atoms with Crippen LogP contribution >= 0.6 is 0 Å². The monoisotopic (exact) mass is 275 g/mol. The van der Waals surface area contributed by atoms with Crippen LogP contribution in [-0.4, -0.2) is 43.0 Å². The van der Waals surface area contributed by atoms with Gasteiger partial charge < -0.3 is 15.5 Å². The first-order valence-electron chi connectivity index (χ1n) is 6.88. The number of aryl methyl sites for hydroxylation is 3. The maximum Gasteiger partial charge on any atom is 0.317 e. The fourth-order valence-corrected chi connectivity index (χ4v) is 2.33. The molecule has 0 atom stereocenters. The van der Waals surface area contributed by atoms with Crippen molar-refractivity contribution < 1.29 is 9.59 Å². The molecular weight excluding hydrogens is 254 g/mol. The Morgan fingerprint density at radius 2 is 1.95 bits per heavy atom. The van der Waals surface area contributed by atoms with Gasteiger partial charge in [-0.2, -0.15) is 0 Å². The molecule has 3 amide bonds. The maximum absolute atomic E-state index is 12.2. The van der Waals surface area contributed by atoms with E-state index in [1.807, 2.05) is 32.9 Å².